The lowest BCUT2D eigenvalue weighted by atomic mass is 10.3. The molecule has 5 nitrogen and oxygen atoms in total. The SMILES string of the molecule is Cn1ccnc1CCNC(=O)CCOc1ccccc1. The van der Waals surface area contributed by atoms with Crippen LogP contribution in [0, 0.1) is 0 Å². The van der Waals surface area contributed by atoms with Crippen molar-refractivity contribution in [3.8, 4) is 5.75 Å². The van der Waals surface area contributed by atoms with Gasteiger partial charge >= 0.3 is 0 Å². The predicted molar refractivity (Wildman–Crippen MR) is 76.5 cm³/mol. The average molecular weight is 273 g/mol. The third-order valence-electron chi connectivity index (χ3n) is 2.93. The second kappa shape index (κ2) is 7.33. The van der Waals surface area contributed by atoms with E-state index < -0.39 is 0 Å². The van der Waals surface area contributed by atoms with E-state index in [9.17, 15) is 4.79 Å². The van der Waals surface area contributed by atoms with Crippen molar-refractivity contribution in [3.05, 3.63) is 48.5 Å². The predicted octanol–water partition coefficient (Wildman–Crippen LogP) is 1.55. The van der Waals surface area contributed by atoms with Gasteiger partial charge in [0.1, 0.15) is 11.6 Å². The molecule has 0 atom stereocenters. The standard InChI is InChI=1S/C15H19N3O2/c1-18-11-10-16-14(18)7-9-17-15(19)8-12-20-13-5-3-2-4-6-13/h2-6,10-11H,7-9,12H2,1H3,(H,17,19). The third kappa shape index (κ3) is 4.42. The van der Waals surface area contributed by atoms with Crippen molar-refractivity contribution in [2.75, 3.05) is 13.2 Å². The fraction of sp³-hybridized carbons (Fsp3) is 0.333. The highest BCUT2D eigenvalue weighted by atomic mass is 16.5. The summed E-state index contributed by atoms with van der Waals surface area (Å²) in [6, 6.07) is 9.49. The van der Waals surface area contributed by atoms with E-state index in [0.29, 0.717) is 19.6 Å². The van der Waals surface area contributed by atoms with E-state index in [1.165, 1.54) is 0 Å². The average Bonchev–Trinajstić information content (AvgIpc) is 2.86. The zero-order valence-electron chi connectivity index (χ0n) is 11.6. The Balaban J connectivity index is 1.60. The minimum Gasteiger partial charge on any atom is -0.493 e. The van der Waals surface area contributed by atoms with Crippen LogP contribution in [-0.2, 0) is 18.3 Å². The molecule has 5 heteroatoms. The maximum absolute atomic E-state index is 11.6. The molecule has 2 rings (SSSR count). The van der Waals surface area contributed by atoms with Gasteiger partial charge in [-0.25, -0.2) is 4.98 Å². The van der Waals surface area contributed by atoms with Crippen LogP contribution in [0.25, 0.3) is 0 Å². The normalized spacial score (nSPS) is 10.2. The molecule has 20 heavy (non-hydrogen) atoms. The second-order valence-electron chi connectivity index (χ2n) is 4.47. The first kappa shape index (κ1) is 14.1. The molecule has 1 aromatic carbocycles. The number of aryl methyl sites for hydroxylation is 1. The van der Waals surface area contributed by atoms with Gasteiger partial charge in [-0.05, 0) is 12.1 Å². The Morgan fingerprint density at radius 1 is 1.35 bits per heavy atom. The largest absolute Gasteiger partial charge is 0.493 e. The summed E-state index contributed by atoms with van der Waals surface area (Å²) >= 11 is 0. The lowest BCUT2D eigenvalue weighted by Gasteiger charge is -2.07. The summed E-state index contributed by atoms with van der Waals surface area (Å²) in [5.41, 5.74) is 0. The summed E-state index contributed by atoms with van der Waals surface area (Å²) in [7, 11) is 1.94. The van der Waals surface area contributed by atoms with Gasteiger partial charge in [0.2, 0.25) is 5.91 Å². The van der Waals surface area contributed by atoms with E-state index >= 15 is 0 Å². The molecule has 0 aliphatic heterocycles. The van der Waals surface area contributed by atoms with Crippen molar-refractivity contribution < 1.29 is 9.53 Å². The zero-order valence-corrected chi connectivity index (χ0v) is 11.6. The number of hydrogen-bond donors (Lipinski definition) is 1. The monoisotopic (exact) mass is 273 g/mol. The molecule has 106 valence electrons. The van der Waals surface area contributed by atoms with Gasteiger partial charge in [-0.3, -0.25) is 4.79 Å². The maximum Gasteiger partial charge on any atom is 0.223 e. The second-order valence-corrected chi connectivity index (χ2v) is 4.47. The van der Waals surface area contributed by atoms with Crippen LogP contribution in [0.4, 0.5) is 0 Å². The number of nitrogens with zero attached hydrogens (tertiary/aromatic N) is 2. The topological polar surface area (TPSA) is 56.2 Å². The van der Waals surface area contributed by atoms with Crippen LogP contribution in [0.3, 0.4) is 0 Å². The molecular weight excluding hydrogens is 254 g/mol. The van der Waals surface area contributed by atoms with Gasteiger partial charge in [0.15, 0.2) is 0 Å². The van der Waals surface area contributed by atoms with E-state index in [1.807, 2.05) is 48.1 Å². The van der Waals surface area contributed by atoms with Crippen LogP contribution in [0.5, 0.6) is 5.75 Å². The molecule has 0 spiro atoms. The zero-order chi connectivity index (χ0) is 14.2. The highest BCUT2D eigenvalue weighted by Crippen LogP contribution is 2.08. The van der Waals surface area contributed by atoms with Crippen molar-refractivity contribution in [1.82, 2.24) is 14.9 Å². The number of hydrogen-bond acceptors (Lipinski definition) is 3. The van der Waals surface area contributed by atoms with Gasteiger partial charge in [-0.1, -0.05) is 18.2 Å². The van der Waals surface area contributed by atoms with Gasteiger partial charge in [-0.15, -0.1) is 0 Å². The van der Waals surface area contributed by atoms with Crippen LogP contribution < -0.4 is 10.1 Å². The first-order valence-corrected chi connectivity index (χ1v) is 6.66. The van der Waals surface area contributed by atoms with Crippen LogP contribution in [0.2, 0.25) is 0 Å². The smallest absolute Gasteiger partial charge is 0.223 e. The molecule has 2 aromatic rings. The summed E-state index contributed by atoms with van der Waals surface area (Å²) in [6.45, 7) is 0.979. The van der Waals surface area contributed by atoms with Crippen LogP contribution >= 0.6 is 0 Å². The fourth-order valence-corrected chi connectivity index (χ4v) is 1.82. The van der Waals surface area contributed by atoms with Crippen LogP contribution in [0.1, 0.15) is 12.2 Å². The number of amides is 1. The Kier molecular flexibility index (Phi) is 5.17. The van der Waals surface area contributed by atoms with Gasteiger partial charge in [0.05, 0.1) is 13.0 Å². The molecule has 0 bridgehead atoms. The number of benzene rings is 1. The van der Waals surface area contributed by atoms with Crippen molar-refractivity contribution >= 4 is 5.91 Å². The highest BCUT2D eigenvalue weighted by Gasteiger charge is 2.03. The Morgan fingerprint density at radius 3 is 2.85 bits per heavy atom. The lowest BCUT2D eigenvalue weighted by Crippen LogP contribution is -2.27. The van der Waals surface area contributed by atoms with Crippen molar-refractivity contribution in [1.29, 1.82) is 0 Å². The van der Waals surface area contributed by atoms with Crippen molar-refractivity contribution in [2.45, 2.75) is 12.8 Å². The molecule has 0 saturated carbocycles. The van der Waals surface area contributed by atoms with Gasteiger partial charge < -0.3 is 14.6 Å². The molecule has 1 aromatic heterocycles. The quantitative estimate of drug-likeness (QED) is 0.832. The van der Waals surface area contributed by atoms with E-state index in [-0.39, 0.29) is 5.91 Å². The lowest BCUT2D eigenvalue weighted by molar-refractivity contribution is -0.121. The molecule has 1 amide bonds. The molecule has 0 aliphatic carbocycles. The maximum atomic E-state index is 11.6. The molecular formula is C15H19N3O2. The number of imidazole rings is 1. The molecule has 0 radical (unpaired) electrons. The summed E-state index contributed by atoms with van der Waals surface area (Å²) in [6.07, 6.45) is 4.74. The Morgan fingerprint density at radius 2 is 2.15 bits per heavy atom. The number of aromatic nitrogens is 2. The molecule has 1 N–H and O–H groups in total. The van der Waals surface area contributed by atoms with Crippen LogP contribution in [-0.4, -0.2) is 28.6 Å². The number of rotatable bonds is 7. The number of ether oxygens (including phenoxy) is 1. The summed E-state index contributed by atoms with van der Waals surface area (Å²) < 4.78 is 7.42. The minimum absolute atomic E-state index is 0.00450. The molecule has 1 heterocycles. The first-order valence-electron chi connectivity index (χ1n) is 6.66. The number of para-hydroxylation sites is 1. The Labute approximate surface area is 118 Å². The number of carbonyl (C=O) groups is 1. The Hall–Kier alpha value is -2.30. The van der Waals surface area contributed by atoms with E-state index in [2.05, 4.69) is 10.3 Å². The first-order chi connectivity index (χ1) is 9.75. The molecule has 0 unspecified atom stereocenters. The summed E-state index contributed by atoms with van der Waals surface area (Å²) in [5.74, 6) is 1.74. The van der Waals surface area contributed by atoms with E-state index in [4.69, 9.17) is 4.74 Å². The summed E-state index contributed by atoms with van der Waals surface area (Å²) in [5, 5.41) is 2.86. The van der Waals surface area contributed by atoms with Gasteiger partial charge in [0.25, 0.3) is 0 Å². The van der Waals surface area contributed by atoms with E-state index in [1.54, 1.807) is 6.20 Å². The van der Waals surface area contributed by atoms with Gasteiger partial charge in [0, 0.05) is 32.4 Å². The molecule has 0 fully saturated rings. The Bertz CT molecular complexity index is 537. The fourth-order valence-electron chi connectivity index (χ4n) is 1.82. The molecule has 0 aliphatic rings. The summed E-state index contributed by atoms with van der Waals surface area (Å²) in [4.78, 5) is 15.8. The minimum atomic E-state index is -0.00450. The van der Waals surface area contributed by atoms with Crippen molar-refractivity contribution in [3.63, 3.8) is 0 Å². The van der Waals surface area contributed by atoms with Crippen LogP contribution in [0.15, 0.2) is 42.7 Å². The van der Waals surface area contributed by atoms with E-state index in [0.717, 1.165) is 18.0 Å². The van der Waals surface area contributed by atoms with Gasteiger partial charge in [-0.2, -0.15) is 0 Å². The van der Waals surface area contributed by atoms with Crippen molar-refractivity contribution in [2.24, 2.45) is 7.05 Å². The third-order valence-corrected chi connectivity index (χ3v) is 2.93. The highest BCUT2D eigenvalue weighted by molar-refractivity contribution is 5.75. The number of nitrogens with one attached hydrogen (secondary N) is 1. The number of carbonyl (C=O) groups excluding carboxylic acids is 1. The molecule has 0 saturated heterocycles.